The van der Waals surface area contributed by atoms with Gasteiger partial charge in [-0.2, -0.15) is 0 Å². The number of hydrogen-bond acceptors (Lipinski definition) is 3. The smallest absolute Gasteiger partial charge is 0.115 e. The van der Waals surface area contributed by atoms with E-state index in [-0.39, 0.29) is 11.8 Å². The van der Waals surface area contributed by atoms with E-state index in [2.05, 4.69) is 5.32 Å². The van der Waals surface area contributed by atoms with E-state index in [1.807, 2.05) is 42.5 Å². The largest absolute Gasteiger partial charge is 0.508 e. The molecular weight excluding hydrogens is 212 g/mol. The van der Waals surface area contributed by atoms with Gasteiger partial charge in [0.05, 0.1) is 6.04 Å². The lowest BCUT2D eigenvalue weighted by atomic mass is 10.1. The fraction of sp³-hybridized carbons (Fsp3) is 0.143. The standard InChI is InChI=1S/C14H16N2O/c15-10-14(11-4-2-1-3-5-11)16-12-6-8-13(17)9-7-12/h1-9,14,16-17H,10,15H2. The third-order valence-electron chi connectivity index (χ3n) is 2.65. The first-order valence-electron chi connectivity index (χ1n) is 5.60. The molecule has 0 amide bonds. The van der Waals surface area contributed by atoms with Gasteiger partial charge in [0, 0.05) is 12.2 Å². The summed E-state index contributed by atoms with van der Waals surface area (Å²) in [6.07, 6.45) is 0. The Bertz CT molecular complexity index is 453. The van der Waals surface area contributed by atoms with Crippen LogP contribution in [0.2, 0.25) is 0 Å². The average molecular weight is 228 g/mol. The highest BCUT2D eigenvalue weighted by molar-refractivity contribution is 5.48. The van der Waals surface area contributed by atoms with Gasteiger partial charge in [0.25, 0.3) is 0 Å². The van der Waals surface area contributed by atoms with Crippen LogP contribution < -0.4 is 11.1 Å². The van der Waals surface area contributed by atoms with Crippen molar-refractivity contribution < 1.29 is 5.11 Å². The molecule has 0 radical (unpaired) electrons. The maximum Gasteiger partial charge on any atom is 0.115 e. The molecule has 17 heavy (non-hydrogen) atoms. The van der Waals surface area contributed by atoms with Gasteiger partial charge in [-0.05, 0) is 29.8 Å². The second kappa shape index (κ2) is 5.37. The molecule has 4 N–H and O–H groups in total. The molecule has 0 spiro atoms. The Hall–Kier alpha value is -2.00. The molecule has 1 unspecified atom stereocenters. The first kappa shape index (κ1) is 11.5. The van der Waals surface area contributed by atoms with Crippen LogP contribution in [0.15, 0.2) is 54.6 Å². The number of anilines is 1. The molecule has 0 bridgehead atoms. The molecule has 0 aliphatic rings. The predicted molar refractivity (Wildman–Crippen MR) is 70.0 cm³/mol. The van der Waals surface area contributed by atoms with Crippen molar-refractivity contribution in [2.75, 3.05) is 11.9 Å². The first-order chi connectivity index (χ1) is 8.29. The SMILES string of the molecule is NCC(Nc1ccc(O)cc1)c1ccccc1. The monoisotopic (exact) mass is 228 g/mol. The molecule has 0 aliphatic heterocycles. The summed E-state index contributed by atoms with van der Waals surface area (Å²) >= 11 is 0. The second-order valence-corrected chi connectivity index (χ2v) is 3.89. The van der Waals surface area contributed by atoms with Gasteiger partial charge in [0.15, 0.2) is 0 Å². The van der Waals surface area contributed by atoms with E-state index in [1.165, 1.54) is 0 Å². The molecule has 0 aromatic heterocycles. The predicted octanol–water partition coefficient (Wildman–Crippen LogP) is 2.50. The number of aromatic hydroxyl groups is 1. The Morgan fingerprint density at radius 1 is 1.00 bits per heavy atom. The minimum Gasteiger partial charge on any atom is -0.508 e. The van der Waals surface area contributed by atoms with E-state index in [0.717, 1.165) is 11.3 Å². The fourth-order valence-corrected chi connectivity index (χ4v) is 1.72. The minimum absolute atomic E-state index is 0.0840. The van der Waals surface area contributed by atoms with Gasteiger partial charge in [-0.1, -0.05) is 30.3 Å². The Kier molecular flexibility index (Phi) is 3.62. The lowest BCUT2D eigenvalue weighted by molar-refractivity contribution is 0.475. The van der Waals surface area contributed by atoms with Crippen molar-refractivity contribution in [3.63, 3.8) is 0 Å². The second-order valence-electron chi connectivity index (χ2n) is 3.89. The zero-order valence-corrected chi connectivity index (χ0v) is 9.51. The molecule has 2 aromatic carbocycles. The van der Waals surface area contributed by atoms with Crippen LogP contribution in [0.4, 0.5) is 5.69 Å². The lowest BCUT2D eigenvalue weighted by Crippen LogP contribution is -2.20. The van der Waals surface area contributed by atoms with Gasteiger partial charge in [-0.3, -0.25) is 0 Å². The van der Waals surface area contributed by atoms with Gasteiger partial charge in [-0.15, -0.1) is 0 Å². The van der Waals surface area contributed by atoms with Crippen molar-refractivity contribution in [3.05, 3.63) is 60.2 Å². The number of nitrogens with two attached hydrogens (primary N) is 1. The highest BCUT2D eigenvalue weighted by Gasteiger charge is 2.08. The molecule has 0 saturated heterocycles. The highest BCUT2D eigenvalue weighted by atomic mass is 16.3. The van der Waals surface area contributed by atoms with Crippen LogP contribution in [0, 0.1) is 0 Å². The van der Waals surface area contributed by atoms with Gasteiger partial charge < -0.3 is 16.2 Å². The lowest BCUT2D eigenvalue weighted by Gasteiger charge is -2.18. The van der Waals surface area contributed by atoms with Crippen molar-refractivity contribution in [1.82, 2.24) is 0 Å². The van der Waals surface area contributed by atoms with Crippen molar-refractivity contribution in [2.24, 2.45) is 5.73 Å². The van der Waals surface area contributed by atoms with Gasteiger partial charge >= 0.3 is 0 Å². The summed E-state index contributed by atoms with van der Waals surface area (Å²) < 4.78 is 0. The third kappa shape index (κ3) is 2.98. The van der Waals surface area contributed by atoms with E-state index < -0.39 is 0 Å². The summed E-state index contributed by atoms with van der Waals surface area (Å²) in [5.74, 6) is 0.263. The van der Waals surface area contributed by atoms with Crippen LogP contribution in [0.1, 0.15) is 11.6 Å². The number of nitrogens with one attached hydrogen (secondary N) is 1. The Morgan fingerprint density at radius 3 is 2.24 bits per heavy atom. The number of phenolic OH excluding ortho intramolecular Hbond substituents is 1. The van der Waals surface area contributed by atoms with Gasteiger partial charge in [0.2, 0.25) is 0 Å². The summed E-state index contributed by atoms with van der Waals surface area (Å²) in [5.41, 5.74) is 7.87. The number of benzene rings is 2. The third-order valence-corrected chi connectivity index (χ3v) is 2.65. The van der Waals surface area contributed by atoms with Crippen LogP contribution in [0.3, 0.4) is 0 Å². The van der Waals surface area contributed by atoms with E-state index in [4.69, 9.17) is 5.73 Å². The summed E-state index contributed by atoms with van der Waals surface area (Å²) in [5, 5.41) is 12.5. The van der Waals surface area contributed by atoms with Crippen LogP contribution in [-0.4, -0.2) is 11.7 Å². The number of hydrogen-bond donors (Lipinski definition) is 3. The molecule has 3 nitrogen and oxygen atoms in total. The topological polar surface area (TPSA) is 58.3 Å². The van der Waals surface area contributed by atoms with E-state index in [9.17, 15) is 5.11 Å². The maximum absolute atomic E-state index is 9.21. The molecule has 88 valence electrons. The summed E-state index contributed by atoms with van der Waals surface area (Å²) in [4.78, 5) is 0. The summed E-state index contributed by atoms with van der Waals surface area (Å²) in [6.45, 7) is 0.519. The zero-order chi connectivity index (χ0) is 12.1. The van der Waals surface area contributed by atoms with Crippen LogP contribution >= 0.6 is 0 Å². The Labute approximate surface area is 101 Å². The van der Waals surface area contributed by atoms with Crippen molar-refractivity contribution in [3.8, 4) is 5.75 Å². The molecule has 2 rings (SSSR count). The Balaban J connectivity index is 2.13. The molecule has 0 heterocycles. The van der Waals surface area contributed by atoms with E-state index in [1.54, 1.807) is 12.1 Å². The van der Waals surface area contributed by atoms with Crippen molar-refractivity contribution in [2.45, 2.75) is 6.04 Å². The zero-order valence-electron chi connectivity index (χ0n) is 9.51. The molecule has 0 aliphatic carbocycles. The summed E-state index contributed by atoms with van der Waals surface area (Å²) in [7, 11) is 0. The Morgan fingerprint density at radius 2 is 1.65 bits per heavy atom. The summed E-state index contributed by atoms with van der Waals surface area (Å²) in [6, 6.07) is 17.1. The quantitative estimate of drug-likeness (QED) is 0.705. The minimum atomic E-state index is 0.0840. The highest BCUT2D eigenvalue weighted by Crippen LogP contribution is 2.20. The van der Waals surface area contributed by atoms with Crippen molar-refractivity contribution >= 4 is 5.69 Å². The molecule has 3 heteroatoms. The average Bonchev–Trinajstić information content (AvgIpc) is 2.39. The van der Waals surface area contributed by atoms with Crippen molar-refractivity contribution in [1.29, 1.82) is 0 Å². The normalized spacial score (nSPS) is 12.1. The maximum atomic E-state index is 9.21. The molecule has 0 fully saturated rings. The van der Waals surface area contributed by atoms with E-state index in [0.29, 0.717) is 6.54 Å². The van der Waals surface area contributed by atoms with Gasteiger partial charge in [-0.25, -0.2) is 0 Å². The van der Waals surface area contributed by atoms with E-state index >= 15 is 0 Å². The molecule has 1 atom stereocenters. The van der Waals surface area contributed by atoms with Crippen LogP contribution in [-0.2, 0) is 0 Å². The number of rotatable bonds is 4. The fourth-order valence-electron chi connectivity index (χ4n) is 1.72. The molecule has 2 aromatic rings. The molecule has 0 saturated carbocycles. The van der Waals surface area contributed by atoms with Crippen LogP contribution in [0.5, 0.6) is 5.75 Å². The number of phenols is 1. The molecular formula is C14H16N2O. The van der Waals surface area contributed by atoms with Crippen LogP contribution in [0.25, 0.3) is 0 Å². The van der Waals surface area contributed by atoms with Gasteiger partial charge in [0.1, 0.15) is 5.75 Å². The first-order valence-corrected chi connectivity index (χ1v) is 5.60.